The lowest BCUT2D eigenvalue weighted by molar-refractivity contribution is -0.129. The predicted octanol–water partition coefficient (Wildman–Crippen LogP) is 3.73. The number of nitrogens with zero attached hydrogens (tertiary/aromatic N) is 1. The number of aryl methyl sites for hydroxylation is 1. The van der Waals surface area contributed by atoms with Crippen molar-refractivity contribution in [3.63, 3.8) is 0 Å². The molecule has 1 aliphatic rings. The average molecular weight is 447 g/mol. The Kier molecular flexibility index (Phi) is 4.98. The molecule has 0 saturated carbocycles. The van der Waals surface area contributed by atoms with Crippen LogP contribution in [0.25, 0.3) is 6.08 Å². The van der Waals surface area contributed by atoms with E-state index >= 15 is 0 Å². The van der Waals surface area contributed by atoms with Gasteiger partial charge in [-0.15, -0.1) is 0 Å². The summed E-state index contributed by atoms with van der Waals surface area (Å²) in [6.07, 6.45) is 1.62. The van der Waals surface area contributed by atoms with E-state index in [0.29, 0.717) is 11.5 Å². The van der Waals surface area contributed by atoms with Gasteiger partial charge in [-0.1, -0.05) is 12.1 Å². The standard InChI is InChI=1S/C19H14INO4/c1-11-9-14(7-8-15(11)20)17-21-16(19(23)25-17)10-12-3-5-13(6-4-12)18(22)24-2/h3-10H,1-2H3/b16-10-. The lowest BCUT2D eigenvalue weighted by Gasteiger charge is -2.02. The fourth-order valence-electron chi connectivity index (χ4n) is 2.30. The zero-order valence-corrected chi connectivity index (χ0v) is 15.7. The smallest absolute Gasteiger partial charge is 0.363 e. The third kappa shape index (κ3) is 3.79. The van der Waals surface area contributed by atoms with Gasteiger partial charge in [-0.3, -0.25) is 0 Å². The van der Waals surface area contributed by atoms with Gasteiger partial charge in [0.15, 0.2) is 5.70 Å². The molecule has 0 bridgehead atoms. The third-order valence-corrected chi connectivity index (χ3v) is 4.87. The highest BCUT2D eigenvalue weighted by Crippen LogP contribution is 2.21. The van der Waals surface area contributed by atoms with Crippen LogP contribution < -0.4 is 0 Å². The van der Waals surface area contributed by atoms with Crippen LogP contribution in [-0.4, -0.2) is 24.9 Å². The molecule has 6 heteroatoms. The molecule has 25 heavy (non-hydrogen) atoms. The first-order chi connectivity index (χ1) is 12.0. The van der Waals surface area contributed by atoms with Gasteiger partial charge in [0.05, 0.1) is 12.7 Å². The van der Waals surface area contributed by atoms with E-state index in [-0.39, 0.29) is 5.70 Å². The van der Waals surface area contributed by atoms with Crippen LogP contribution >= 0.6 is 22.6 Å². The van der Waals surface area contributed by atoms with Crippen LogP contribution in [0.2, 0.25) is 0 Å². The van der Waals surface area contributed by atoms with E-state index in [1.807, 2.05) is 25.1 Å². The molecular formula is C19H14INO4. The predicted molar refractivity (Wildman–Crippen MR) is 102 cm³/mol. The van der Waals surface area contributed by atoms with Crippen molar-refractivity contribution >= 4 is 46.5 Å². The van der Waals surface area contributed by atoms with Crippen molar-refractivity contribution in [2.24, 2.45) is 4.99 Å². The Morgan fingerprint density at radius 2 is 1.92 bits per heavy atom. The zero-order chi connectivity index (χ0) is 18.0. The molecule has 0 saturated heterocycles. The summed E-state index contributed by atoms with van der Waals surface area (Å²) in [4.78, 5) is 27.8. The van der Waals surface area contributed by atoms with Gasteiger partial charge in [0.1, 0.15) is 0 Å². The number of carbonyl (C=O) groups is 2. The Morgan fingerprint density at radius 1 is 1.20 bits per heavy atom. The Labute approximate surface area is 158 Å². The minimum atomic E-state index is -0.497. The van der Waals surface area contributed by atoms with Crippen LogP contribution in [0.1, 0.15) is 27.0 Å². The Bertz CT molecular complexity index is 914. The lowest BCUT2D eigenvalue weighted by Crippen LogP contribution is -2.05. The van der Waals surface area contributed by atoms with Crippen molar-refractivity contribution in [2.45, 2.75) is 6.92 Å². The van der Waals surface area contributed by atoms with Gasteiger partial charge in [0, 0.05) is 9.13 Å². The minimum Gasteiger partial charge on any atom is -0.465 e. The SMILES string of the molecule is COC(=O)c1ccc(/C=C2\N=C(c3ccc(I)c(C)c3)OC2=O)cc1. The van der Waals surface area contributed by atoms with E-state index in [1.165, 1.54) is 7.11 Å². The van der Waals surface area contributed by atoms with Gasteiger partial charge in [-0.2, -0.15) is 0 Å². The molecule has 126 valence electrons. The first-order valence-corrected chi connectivity index (χ1v) is 8.53. The molecule has 1 aliphatic heterocycles. The van der Waals surface area contributed by atoms with Crippen LogP contribution in [0.15, 0.2) is 53.2 Å². The summed E-state index contributed by atoms with van der Waals surface area (Å²) in [5.74, 6) is -0.612. The molecule has 1 heterocycles. The van der Waals surface area contributed by atoms with E-state index in [4.69, 9.17) is 4.74 Å². The molecule has 2 aromatic carbocycles. The van der Waals surface area contributed by atoms with Crippen molar-refractivity contribution in [2.75, 3.05) is 7.11 Å². The van der Waals surface area contributed by atoms with E-state index in [1.54, 1.807) is 30.3 Å². The average Bonchev–Trinajstić information content (AvgIpc) is 2.98. The maximum Gasteiger partial charge on any atom is 0.363 e. The highest BCUT2D eigenvalue weighted by Gasteiger charge is 2.24. The van der Waals surface area contributed by atoms with Crippen molar-refractivity contribution < 1.29 is 19.1 Å². The number of cyclic esters (lactones) is 1. The van der Waals surface area contributed by atoms with Crippen molar-refractivity contribution in [3.8, 4) is 0 Å². The van der Waals surface area contributed by atoms with Crippen molar-refractivity contribution in [1.82, 2.24) is 0 Å². The number of ether oxygens (including phenoxy) is 2. The minimum absolute atomic E-state index is 0.219. The van der Waals surface area contributed by atoms with Crippen LogP contribution in [-0.2, 0) is 14.3 Å². The molecule has 0 unspecified atom stereocenters. The van der Waals surface area contributed by atoms with E-state index < -0.39 is 11.9 Å². The number of halogens is 1. The fraction of sp³-hybridized carbons (Fsp3) is 0.105. The summed E-state index contributed by atoms with van der Waals surface area (Å²) >= 11 is 2.25. The molecule has 0 amide bonds. The summed E-state index contributed by atoms with van der Waals surface area (Å²) in [5, 5.41) is 0. The second kappa shape index (κ2) is 7.18. The number of aliphatic imine (C=N–C) groups is 1. The molecule has 5 nitrogen and oxygen atoms in total. The Morgan fingerprint density at radius 3 is 2.56 bits per heavy atom. The summed E-state index contributed by atoms with van der Waals surface area (Å²) < 4.78 is 11.1. The topological polar surface area (TPSA) is 65.0 Å². The normalized spacial score (nSPS) is 15.1. The molecule has 0 aliphatic carbocycles. The van der Waals surface area contributed by atoms with Crippen LogP contribution in [0, 0.1) is 10.5 Å². The second-order valence-corrected chi connectivity index (χ2v) is 6.58. The molecule has 0 aromatic heterocycles. The summed E-state index contributed by atoms with van der Waals surface area (Å²) in [6.45, 7) is 1.99. The Hall–Kier alpha value is -2.48. The molecule has 3 rings (SSSR count). The highest BCUT2D eigenvalue weighted by atomic mass is 127. The van der Waals surface area contributed by atoms with Gasteiger partial charge in [0.2, 0.25) is 5.90 Å². The van der Waals surface area contributed by atoms with Gasteiger partial charge >= 0.3 is 11.9 Å². The summed E-state index contributed by atoms with van der Waals surface area (Å²) in [5.41, 5.74) is 3.25. The lowest BCUT2D eigenvalue weighted by atomic mass is 10.1. The number of carbonyl (C=O) groups excluding carboxylic acids is 2. The van der Waals surface area contributed by atoms with Gasteiger partial charge in [-0.05, 0) is 77.0 Å². The molecule has 0 spiro atoms. The maximum absolute atomic E-state index is 12.1. The van der Waals surface area contributed by atoms with Crippen molar-refractivity contribution in [3.05, 3.63) is 74.0 Å². The third-order valence-electron chi connectivity index (χ3n) is 3.66. The first kappa shape index (κ1) is 17.3. The fourth-order valence-corrected chi connectivity index (χ4v) is 2.64. The number of benzene rings is 2. The number of methoxy groups -OCH3 is 1. The molecular weight excluding hydrogens is 433 g/mol. The molecule has 0 atom stereocenters. The van der Waals surface area contributed by atoms with E-state index in [2.05, 4.69) is 32.3 Å². The molecule has 2 aromatic rings. The van der Waals surface area contributed by atoms with E-state index in [0.717, 1.165) is 20.3 Å². The monoisotopic (exact) mass is 447 g/mol. The molecule has 0 N–H and O–H groups in total. The zero-order valence-electron chi connectivity index (χ0n) is 13.6. The number of hydrogen-bond donors (Lipinski definition) is 0. The van der Waals surface area contributed by atoms with Gasteiger partial charge in [0.25, 0.3) is 0 Å². The van der Waals surface area contributed by atoms with Gasteiger partial charge in [-0.25, -0.2) is 14.6 Å². The molecule has 0 radical (unpaired) electrons. The van der Waals surface area contributed by atoms with Crippen LogP contribution in [0.5, 0.6) is 0 Å². The van der Waals surface area contributed by atoms with Gasteiger partial charge < -0.3 is 9.47 Å². The maximum atomic E-state index is 12.1. The van der Waals surface area contributed by atoms with Crippen molar-refractivity contribution in [1.29, 1.82) is 0 Å². The quantitative estimate of drug-likeness (QED) is 0.409. The first-order valence-electron chi connectivity index (χ1n) is 7.45. The second-order valence-electron chi connectivity index (χ2n) is 5.41. The number of hydrogen-bond acceptors (Lipinski definition) is 5. The Balaban J connectivity index is 1.87. The largest absolute Gasteiger partial charge is 0.465 e. The molecule has 0 fully saturated rings. The number of rotatable bonds is 3. The highest BCUT2D eigenvalue weighted by molar-refractivity contribution is 14.1. The van der Waals surface area contributed by atoms with E-state index in [9.17, 15) is 9.59 Å². The summed E-state index contributed by atoms with van der Waals surface area (Å²) in [6, 6.07) is 12.5. The van der Waals surface area contributed by atoms with Crippen LogP contribution in [0.4, 0.5) is 0 Å². The number of esters is 2. The van der Waals surface area contributed by atoms with Crippen LogP contribution in [0.3, 0.4) is 0 Å². The summed E-state index contributed by atoms with van der Waals surface area (Å²) in [7, 11) is 1.33.